The largest absolute Gasteiger partial charge is 0.544 e. The highest BCUT2D eigenvalue weighted by Gasteiger charge is 2.39. The van der Waals surface area contributed by atoms with E-state index in [9.17, 15) is 37.5 Å². The van der Waals surface area contributed by atoms with Crippen LogP contribution >= 0.6 is 11.6 Å². The van der Waals surface area contributed by atoms with Gasteiger partial charge in [-0.1, -0.05) is 11.6 Å². The van der Waals surface area contributed by atoms with E-state index in [-0.39, 0.29) is 76.5 Å². The standard InChI is InChI=1S/C36H41ClF3N11O5/c1-47-28(26-20-50(46-31(26)36(38,39)40)29-6-4-24(18-43-29)42-10-9-41)19-44-32(47)33(54)45-23-3-5-25(27(37)17-23)35(56)49-13-11-48(12-14-49)34(55)22-7-15-51(2,16-8-22)21-30(52)53/h3-6,17-20,22,42H,7-16,21,41H2,1-2H3,(H-,45,52,53,54,56). The van der Waals surface area contributed by atoms with Gasteiger partial charge in [-0.2, -0.15) is 18.3 Å². The van der Waals surface area contributed by atoms with E-state index >= 15 is 0 Å². The van der Waals surface area contributed by atoms with Crippen LogP contribution < -0.4 is 21.5 Å². The summed E-state index contributed by atoms with van der Waals surface area (Å²) in [6.45, 7) is 3.18. The van der Waals surface area contributed by atoms with Gasteiger partial charge in [-0.05, 0) is 30.3 Å². The van der Waals surface area contributed by atoms with Gasteiger partial charge in [-0.15, -0.1) is 0 Å². The first-order valence-electron chi connectivity index (χ1n) is 17.9. The highest BCUT2D eigenvalue weighted by Crippen LogP contribution is 2.37. The quantitative estimate of drug-likeness (QED) is 0.189. The molecule has 20 heteroatoms. The summed E-state index contributed by atoms with van der Waals surface area (Å²) in [6.07, 6.45) is 0.0812. The zero-order chi connectivity index (χ0) is 40.4. The van der Waals surface area contributed by atoms with Crippen LogP contribution in [-0.4, -0.2) is 128 Å². The summed E-state index contributed by atoms with van der Waals surface area (Å²) in [4.78, 5) is 62.7. The number of hydrogen-bond acceptors (Lipinski definition) is 10. The monoisotopic (exact) mass is 799 g/mol. The number of carboxylic acids is 1. The van der Waals surface area contributed by atoms with E-state index < -0.39 is 23.7 Å². The maximum Gasteiger partial charge on any atom is 0.435 e. The van der Waals surface area contributed by atoms with Crippen molar-refractivity contribution >= 4 is 46.7 Å². The number of amides is 3. The van der Waals surface area contributed by atoms with Gasteiger partial charge in [0.1, 0.15) is 6.54 Å². The molecule has 16 nitrogen and oxygen atoms in total. The number of alkyl halides is 3. The van der Waals surface area contributed by atoms with Gasteiger partial charge >= 0.3 is 6.18 Å². The zero-order valence-corrected chi connectivity index (χ0v) is 31.4. The fourth-order valence-corrected chi connectivity index (χ4v) is 7.28. The van der Waals surface area contributed by atoms with Crippen LogP contribution in [-0.2, 0) is 22.8 Å². The summed E-state index contributed by atoms with van der Waals surface area (Å²) in [5.41, 5.74) is 5.00. The third kappa shape index (κ3) is 8.79. The predicted octanol–water partition coefficient (Wildman–Crippen LogP) is 1.85. The topological polar surface area (TPSA) is 196 Å². The van der Waals surface area contributed by atoms with Gasteiger partial charge in [0.05, 0.1) is 66.0 Å². The Labute approximate surface area is 324 Å². The Kier molecular flexibility index (Phi) is 11.7. The van der Waals surface area contributed by atoms with Crippen molar-refractivity contribution in [1.82, 2.24) is 34.1 Å². The number of nitrogens with two attached hydrogens (primary N) is 1. The zero-order valence-electron chi connectivity index (χ0n) is 30.7. The number of nitrogens with one attached hydrogen (secondary N) is 2. The smallest absolute Gasteiger partial charge is 0.435 e. The maximum absolute atomic E-state index is 14.2. The number of piperidine rings is 1. The van der Waals surface area contributed by atoms with E-state index in [0.29, 0.717) is 62.3 Å². The fourth-order valence-electron chi connectivity index (χ4n) is 7.02. The van der Waals surface area contributed by atoms with Gasteiger partial charge in [0.15, 0.2) is 17.3 Å². The van der Waals surface area contributed by atoms with Crippen LogP contribution in [0.4, 0.5) is 24.5 Å². The highest BCUT2D eigenvalue weighted by molar-refractivity contribution is 6.34. The molecule has 298 valence electrons. The minimum absolute atomic E-state index is 0.000947. The lowest BCUT2D eigenvalue weighted by atomic mass is 9.93. The predicted molar refractivity (Wildman–Crippen MR) is 197 cm³/mol. The van der Waals surface area contributed by atoms with Crippen molar-refractivity contribution < 1.29 is 41.9 Å². The number of hydrogen-bond donors (Lipinski definition) is 3. The van der Waals surface area contributed by atoms with E-state index in [1.54, 1.807) is 15.9 Å². The number of nitrogens with zero attached hydrogens (tertiary/aromatic N) is 8. The molecule has 2 saturated heterocycles. The molecule has 2 aliphatic heterocycles. The highest BCUT2D eigenvalue weighted by atomic mass is 35.5. The number of aromatic nitrogens is 5. The lowest BCUT2D eigenvalue weighted by Gasteiger charge is -2.42. The molecule has 3 aromatic heterocycles. The Morgan fingerprint density at radius 3 is 2.29 bits per heavy atom. The van der Waals surface area contributed by atoms with Gasteiger partial charge in [-0.25, -0.2) is 14.6 Å². The number of carbonyl (C=O) groups excluding carboxylic acids is 4. The Morgan fingerprint density at radius 2 is 1.68 bits per heavy atom. The van der Waals surface area contributed by atoms with Gasteiger partial charge in [0.2, 0.25) is 5.91 Å². The molecule has 56 heavy (non-hydrogen) atoms. The Hall–Kier alpha value is -5.53. The van der Waals surface area contributed by atoms with Crippen LogP contribution in [0.25, 0.3) is 17.1 Å². The van der Waals surface area contributed by atoms with Crippen molar-refractivity contribution in [2.24, 2.45) is 18.7 Å². The molecule has 5 heterocycles. The first-order chi connectivity index (χ1) is 26.6. The van der Waals surface area contributed by atoms with E-state index in [2.05, 4.69) is 25.7 Å². The number of imidazole rings is 1. The van der Waals surface area contributed by atoms with Gasteiger partial charge in [0.25, 0.3) is 11.8 Å². The van der Waals surface area contributed by atoms with E-state index in [1.807, 2.05) is 7.05 Å². The van der Waals surface area contributed by atoms with Gasteiger partial charge in [-0.3, -0.25) is 14.4 Å². The number of benzene rings is 1. The first kappa shape index (κ1) is 40.1. The molecule has 0 bridgehead atoms. The number of carbonyl (C=O) groups is 4. The van der Waals surface area contributed by atoms with Gasteiger partial charge in [0, 0.05) is 77.0 Å². The summed E-state index contributed by atoms with van der Waals surface area (Å²) >= 11 is 6.51. The van der Waals surface area contributed by atoms with Crippen LogP contribution in [0.3, 0.4) is 0 Å². The van der Waals surface area contributed by atoms with Crippen LogP contribution in [0.2, 0.25) is 5.02 Å². The second-order valence-electron chi connectivity index (χ2n) is 14.1. The summed E-state index contributed by atoms with van der Waals surface area (Å²) in [7, 11) is 3.25. The van der Waals surface area contributed by atoms with Crippen molar-refractivity contribution in [2.75, 3.05) is 76.6 Å². The van der Waals surface area contributed by atoms with Crippen molar-refractivity contribution in [3.05, 3.63) is 71.0 Å². The summed E-state index contributed by atoms with van der Waals surface area (Å²) in [5.74, 6) is -2.46. The SMILES string of the molecule is Cn1c(-c2cn(-c3ccc(NCCN)cn3)nc2C(F)(F)F)cnc1C(=O)Nc1ccc(C(=O)N2CCN(C(=O)C3CC[N+](C)(CC(=O)[O-])CC3)CC2)c(Cl)c1. The number of aliphatic carboxylic acids is 1. The second-order valence-corrected chi connectivity index (χ2v) is 14.5. The number of likely N-dealkylation sites (tertiary alicyclic amines) is 1. The normalized spacial score (nSPS) is 18.8. The number of anilines is 2. The van der Waals surface area contributed by atoms with E-state index in [1.165, 1.54) is 48.3 Å². The number of rotatable bonds is 11. The van der Waals surface area contributed by atoms with Crippen LogP contribution in [0.15, 0.2) is 48.9 Å². The van der Waals surface area contributed by atoms with Crippen LogP contribution in [0.5, 0.6) is 0 Å². The number of likely N-dealkylation sites (N-methyl/N-ethyl adjacent to an activating group) is 1. The molecule has 4 N–H and O–H groups in total. The number of quaternary nitrogens is 1. The number of piperazine rings is 1. The molecule has 0 unspecified atom stereocenters. The number of carboxylic acid groups (broad SMARTS) is 1. The minimum Gasteiger partial charge on any atom is -0.544 e. The van der Waals surface area contributed by atoms with Crippen LogP contribution in [0.1, 0.15) is 39.5 Å². The third-order valence-corrected chi connectivity index (χ3v) is 10.4. The third-order valence-electron chi connectivity index (χ3n) is 10.1. The molecule has 2 fully saturated rings. The molecule has 0 aliphatic carbocycles. The lowest BCUT2D eigenvalue weighted by molar-refractivity contribution is -0.909. The number of pyridine rings is 1. The lowest BCUT2D eigenvalue weighted by Crippen LogP contribution is -2.57. The average Bonchev–Trinajstić information content (AvgIpc) is 3.78. The Morgan fingerprint density at radius 1 is 1.00 bits per heavy atom. The molecule has 0 radical (unpaired) electrons. The average molecular weight is 800 g/mol. The molecular formula is C36H41ClF3N11O5. The molecule has 0 saturated carbocycles. The fraction of sp³-hybridized carbons (Fsp3) is 0.417. The van der Waals surface area contributed by atoms with Crippen molar-refractivity contribution in [2.45, 2.75) is 19.0 Å². The molecular weight excluding hydrogens is 759 g/mol. The molecule has 3 amide bonds. The van der Waals surface area contributed by atoms with Crippen molar-refractivity contribution in [3.8, 4) is 17.1 Å². The number of halogens is 4. The molecule has 6 rings (SSSR count). The van der Waals surface area contributed by atoms with E-state index in [4.69, 9.17) is 17.3 Å². The van der Waals surface area contributed by atoms with Crippen molar-refractivity contribution in [3.63, 3.8) is 0 Å². The summed E-state index contributed by atoms with van der Waals surface area (Å²) in [5, 5.41) is 20.6. The molecule has 4 aromatic rings. The summed E-state index contributed by atoms with van der Waals surface area (Å²) in [6, 6.07) is 7.47. The summed E-state index contributed by atoms with van der Waals surface area (Å²) < 4.78 is 45.1. The second kappa shape index (κ2) is 16.3. The molecule has 1 aromatic carbocycles. The van der Waals surface area contributed by atoms with Crippen LogP contribution in [0, 0.1) is 5.92 Å². The van der Waals surface area contributed by atoms with Crippen molar-refractivity contribution in [1.29, 1.82) is 0 Å². The Bertz CT molecular complexity index is 2110. The maximum atomic E-state index is 14.2. The van der Waals surface area contributed by atoms with E-state index in [0.717, 1.165) is 10.9 Å². The molecule has 0 spiro atoms. The Balaban J connectivity index is 1.08. The molecule has 0 atom stereocenters. The van der Waals surface area contributed by atoms with Gasteiger partial charge < -0.3 is 45.1 Å². The first-order valence-corrected chi connectivity index (χ1v) is 18.3. The minimum atomic E-state index is -4.83. The molecule has 2 aliphatic rings.